The van der Waals surface area contributed by atoms with E-state index in [1.807, 2.05) is 101 Å². The molecule has 8 nitrogen and oxygen atoms in total. The highest BCUT2D eigenvalue weighted by Gasteiger charge is 2.18. The van der Waals surface area contributed by atoms with Crippen molar-refractivity contribution in [2.75, 3.05) is 0 Å². The minimum absolute atomic E-state index is 0.0486. The van der Waals surface area contributed by atoms with E-state index in [2.05, 4.69) is 179 Å². The molecule has 12 heteroatoms. The van der Waals surface area contributed by atoms with Crippen molar-refractivity contribution < 1.29 is 17.9 Å². The van der Waals surface area contributed by atoms with Crippen LogP contribution in [0.1, 0.15) is 93.6 Å². The summed E-state index contributed by atoms with van der Waals surface area (Å²) in [5, 5.41) is 6.86. The van der Waals surface area contributed by atoms with Gasteiger partial charge in [-0.15, -0.1) is 22.7 Å². The Balaban J connectivity index is 0.000000138. The molecule has 0 spiro atoms. The summed E-state index contributed by atoms with van der Waals surface area (Å²) in [4.78, 5) is 21.8. The minimum atomic E-state index is -3.46. The number of halogens is 1. The number of rotatable bonds is 16. The van der Waals surface area contributed by atoms with Gasteiger partial charge in [0.15, 0.2) is 9.84 Å². The number of aryl methyl sites for hydroxylation is 11. The molecule has 0 N–H and O–H groups in total. The number of nitrogens with zero attached hydrogens (tertiary/aromatic N) is 4. The number of thiophene rings is 2. The summed E-state index contributed by atoms with van der Waals surface area (Å²) >= 11 is 7.18. The topological polar surface area (TPSA) is 104 Å². The molecular weight excluding hydrogens is 1180 g/mol. The summed E-state index contributed by atoms with van der Waals surface area (Å²) in [6, 6.07) is 63.2. The van der Waals surface area contributed by atoms with Gasteiger partial charge in [0.25, 0.3) is 0 Å². The van der Waals surface area contributed by atoms with Crippen molar-refractivity contribution in [1.29, 1.82) is 0 Å². The maximum atomic E-state index is 12.8. The summed E-state index contributed by atoms with van der Waals surface area (Å²) in [5.74, 6) is 1.52. The summed E-state index contributed by atoms with van der Waals surface area (Å²) in [5.41, 5.74) is 15.7. The first-order chi connectivity index (χ1) is 41.4. The molecule has 0 amide bonds. The molecule has 0 fully saturated rings. The maximum absolute atomic E-state index is 12.8. The Morgan fingerprint density at radius 2 is 0.826 bits per heavy atom. The van der Waals surface area contributed by atoms with E-state index in [4.69, 9.17) is 19.4 Å². The first-order valence-electron chi connectivity index (χ1n) is 29.4. The Bertz CT molecular complexity index is 4200. The summed E-state index contributed by atoms with van der Waals surface area (Å²) in [7, 11) is -3.46. The fourth-order valence-corrected chi connectivity index (χ4v) is 13.9. The summed E-state index contributed by atoms with van der Waals surface area (Å²) in [6.45, 7) is 18.2. The van der Waals surface area contributed by atoms with Crippen molar-refractivity contribution >= 4 is 92.1 Å². The second-order valence-corrected chi connectivity index (χ2v) is 27.8. The number of para-hydroxylation sites is 4. The van der Waals surface area contributed by atoms with Crippen molar-refractivity contribution in [1.82, 2.24) is 19.9 Å². The molecule has 440 valence electrons. The van der Waals surface area contributed by atoms with E-state index in [1.165, 1.54) is 57.5 Å². The number of hydrogen-bond donors (Lipinski definition) is 0. The second kappa shape index (κ2) is 29.7. The maximum Gasteiger partial charge on any atom is 0.182 e. The number of aromatic nitrogens is 4. The van der Waals surface area contributed by atoms with Crippen LogP contribution in [-0.4, -0.2) is 40.6 Å². The van der Waals surface area contributed by atoms with Gasteiger partial charge in [-0.05, 0) is 234 Å². The number of fused-ring (bicyclic) bond motifs is 4. The Hall–Kier alpha value is -7.61. The number of pyridine rings is 4. The van der Waals surface area contributed by atoms with Crippen molar-refractivity contribution in [3.8, 4) is 11.5 Å². The van der Waals surface area contributed by atoms with E-state index < -0.39 is 9.84 Å². The molecule has 0 radical (unpaired) electrons. The predicted octanol–water partition coefficient (Wildman–Crippen LogP) is 19.3. The predicted molar refractivity (Wildman–Crippen MR) is 365 cm³/mol. The lowest BCUT2D eigenvalue weighted by molar-refractivity contribution is 0.242. The van der Waals surface area contributed by atoms with Crippen LogP contribution in [0.2, 0.25) is 0 Å². The van der Waals surface area contributed by atoms with Gasteiger partial charge >= 0.3 is 0 Å². The van der Waals surface area contributed by atoms with Gasteiger partial charge in [-0.1, -0.05) is 109 Å². The lowest BCUT2D eigenvalue weighted by Gasteiger charge is -2.11. The van der Waals surface area contributed by atoms with Gasteiger partial charge in [0, 0.05) is 54.1 Å². The zero-order chi connectivity index (χ0) is 60.7. The quantitative estimate of drug-likeness (QED) is 0.0942. The van der Waals surface area contributed by atoms with Crippen LogP contribution < -0.4 is 9.47 Å². The molecule has 0 saturated heterocycles. The molecule has 0 aliphatic rings. The molecule has 86 heavy (non-hydrogen) atoms. The zero-order valence-corrected chi connectivity index (χ0v) is 54.6. The van der Waals surface area contributed by atoms with E-state index >= 15 is 0 Å². The SMILES string of the molecule is Cc1ccc2cccc(CCc3ccc(Br)s3)c2n1.Cc1ccc2cccc(CCc3ccc(OC(C)C)cc3)c2n1.Cc1ccc2cccc(CS(=O)(=O)c3ccc(OC(C)C)cc3)c2n1.Cc1csc(CCc2cccc3ccc(C)nc23)c1. The summed E-state index contributed by atoms with van der Waals surface area (Å²) < 4.78 is 38.1. The molecule has 6 aromatic carbocycles. The van der Waals surface area contributed by atoms with Gasteiger partial charge < -0.3 is 9.47 Å². The zero-order valence-electron chi connectivity index (χ0n) is 50.6. The van der Waals surface area contributed by atoms with Crippen LogP contribution in [0.3, 0.4) is 0 Å². The average Bonchev–Trinajstić information content (AvgIpc) is 2.05. The number of sulfone groups is 1. The third-order valence-electron chi connectivity index (χ3n) is 14.3. The van der Waals surface area contributed by atoms with Crippen molar-refractivity contribution in [3.63, 3.8) is 0 Å². The van der Waals surface area contributed by atoms with Gasteiger partial charge in [0.2, 0.25) is 0 Å². The van der Waals surface area contributed by atoms with Crippen molar-refractivity contribution in [2.24, 2.45) is 0 Å². The van der Waals surface area contributed by atoms with Gasteiger partial charge in [-0.25, -0.2) is 8.42 Å². The molecule has 0 atom stereocenters. The Morgan fingerprint density at radius 1 is 0.430 bits per heavy atom. The first kappa shape index (κ1) is 62.9. The molecule has 0 saturated carbocycles. The average molecular weight is 1260 g/mol. The third-order valence-corrected chi connectivity index (χ3v) is 18.8. The molecule has 12 rings (SSSR count). The van der Waals surface area contributed by atoms with E-state index in [1.54, 1.807) is 24.3 Å². The van der Waals surface area contributed by atoms with Crippen LogP contribution in [0.25, 0.3) is 43.6 Å². The lowest BCUT2D eigenvalue weighted by Crippen LogP contribution is -2.07. The number of hydrogen-bond acceptors (Lipinski definition) is 10. The highest BCUT2D eigenvalue weighted by Crippen LogP contribution is 2.28. The Kier molecular flexibility index (Phi) is 21.7. The van der Waals surface area contributed by atoms with Crippen LogP contribution in [0.5, 0.6) is 11.5 Å². The van der Waals surface area contributed by atoms with Crippen LogP contribution in [0.4, 0.5) is 0 Å². The number of benzene rings is 6. The largest absolute Gasteiger partial charge is 0.491 e. The fourth-order valence-electron chi connectivity index (χ4n) is 10.1. The van der Waals surface area contributed by atoms with Crippen LogP contribution >= 0.6 is 38.6 Å². The van der Waals surface area contributed by atoms with Gasteiger partial charge in [0.05, 0.1) is 48.7 Å². The van der Waals surface area contributed by atoms with Crippen LogP contribution in [0, 0.1) is 34.6 Å². The van der Waals surface area contributed by atoms with Gasteiger partial charge in [0.1, 0.15) is 11.5 Å². The molecule has 0 unspecified atom stereocenters. The highest BCUT2D eigenvalue weighted by molar-refractivity contribution is 9.11. The van der Waals surface area contributed by atoms with E-state index in [0.29, 0.717) is 11.3 Å². The second-order valence-electron chi connectivity index (χ2n) is 22.3. The van der Waals surface area contributed by atoms with Gasteiger partial charge in [-0.2, -0.15) is 0 Å². The standard InChI is InChI=1S/C21H23NO.C20H21NO3S.C17H17NS.C16H14BrNS/c1-15(2)23-20-13-9-17(10-14-20)8-12-19-6-4-5-18-11-7-16(3)22-21(18)19;1-14(2)24-18-9-11-19(12-10-18)25(22,23)13-17-6-4-5-16-8-7-15(3)21-20(16)17;1-12-10-16(19-11-12)9-8-15-5-3-4-14-7-6-13(2)18-17(14)15;1-11-5-6-12-3-2-4-13(16(12)18-11)7-8-14-9-10-15(17)19-14/h4-7,9-11,13-15H,8,12H2,1-3H3;4-12,14H,13H2,1-3H3;3-7,10-11H,8-9H2,1-2H3;2-6,9-10H,7-8H2,1H3. The van der Waals surface area contributed by atoms with E-state index in [0.717, 1.165) is 94.5 Å². The van der Waals surface area contributed by atoms with Crippen LogP contribution in [-0.2, 0) is 54.1 Å². The van der Waals surface area contributed by atoms with E-state index in [9.17, 15) is 8.42 Å². The third kappa shape index (κ3) is 17.8. The lowest BCUT2D eigenvalue weighted by atomic mass is 10.0. The molecule has 6 aromatic heterocycles. The summed E-state index contributed by atoms with van der Waals surface area (Å²) in [6.07, 6.45) is 6.56. The molecular formula is C74H75BrN4O4S3. The smallest absolute Gasteiger partial charge is 0.182 e. The van der Waals surface area contributed by atoms with Crippen molar-refractivity contribution in [3.05, 3.63) is 263 Å². The molecule has 0 aliphatic carbocycles. The Labute approximate surface area is 524 Å². The fraction of sp³-hybridized carbons (Fsp3) is 0.243. The van der Waals surface area contributed by atoms with Gasteiger partial charge in [-0.3, -0.25) is 19.9 Å². The number of ether oxygens (including phenoxy) is 2. The van der Waals surface area contributed by atoms with E-state index in [-0.39, 0.29) is 22.9 Å². The Morgan fingerprint density at radius 3 is 1.22 bits per heavy atom. The highest BCUT2D eigenvalue weighted by atomic mass is 79.9. The van der Waals surface area contributed by atoms with Crippen molar-refractivity contribution in [2.45, 2.75) is 124 Å². The minimum Gasteiger partial charge on any atom is -0.491 e. The molecule has 0 bridgehead atoms. The molecule has 6 heterocycles. The first-order valence-corrected chi connectivity index (χ1v) is 33.5. The van der Waals surface area contributed by atoms with Crippen LogP contribution in [0.15, 0.2) is 202 Å². The molecule has 0 aliphatic heterocycles. The normalized spacial score (nSPS) is 11.3. The monoisotopic (exact) mass is 1260 g/mol. The molecule has 12 aromatic rings.